The van der Waals surface area contributed by atoms with E-state index in [-0.39, 0.29) is 5.82 Å². The lowest BCUT2D eigenvalue weighted by atomic mass is 9.91. The highest BCUT2D eigenvalue weighted by molar-refractivity contribution is 5.44. The van der Waals surface area contributed by atoms with Crippen LogP contribution < -0.4 is 5.32 Å². The van der Waals surface area contributed by atoms with E-state index in [4.69, 9.17) is 0 Å². The Labute approximate surface area is 137 Å². The monoisotopic (exact) mass is 310 g/mol. The van der Waals surface area contributed by atoms with Crippen LogP contribution in [0.2, 0.25) is 0 Å². The van der Waals surface area contributed by atoms with Gasteiger partial charge in [-0.1, -0.05) is 30.3 Å². The number of fused-ring (bicyclic) bond motifs is 2. The van der Waals surface area contributed by atoms with Crippen molar-refractivity contribution in [2.24, 2.45) is 11.8 Å². The van der Waals surface area contributed by atoms with Crippen LogP contribution in [-0.2, 0) is 6.54 Å². The molecule has 0 amide bonds. The first-order valence-electron chi connectivity index (χ1n) is 8.56. The number of benzene rings is 2. The maximum absolute atomic E-state index is 13.1. The van der Waals surface area contributed by atoms with Gasteiger partial charge in [-0.3, -0.25) is 4.90 Å². The van der Waals surface area contributed by atoms with Crippen LogP contribution in [0.15, 0.2) is 54.6 Å². The molecule has 3 atom stereocenters. The van der Waals surface area contributed by atoms with Crippen molar-refractivity contribution in [3.8, 4) is 0 Å². The molecule has 1 N–H and O–H groups in total. The average molecular weight is 310 g/mol. The highest BCUT2D eigenvalue weighted by atomic mass is 19.1. The summed E-state index contributed by atoms with van der Waals surface area (Å²) in [6.45, 7) is 3.37. The van der Waals surface area contributed by atoms with Gasteiger partial charge in [-0.05, 0) is 54.5 Å². The van der Waals surface area contributed by atoms with Crippen LogP contribution in [0.4, 0.5) is 10.1 Å². The molecule has 0 aromatic heterocycles. The van der Waals surface area contributed by atoms with Crippen molar-refractivity contribution in [1.29, 1.82) is 0 Å². The minimum absolute atomic E-state index is 0.170. The largest absolute Gasteiger partial charge is 0.382 e. The Bertz CT molecular complexity index is 626. The average Bonchev–Trinajstić information content (AvgIpc) is 2.80. The van der Waals surface area contributed by atoms with Crippen molar-refractivity contribution in [2.45, 2.75) is 25.4 Å². The molecule has 2 aliphatic rings. The second-order valence-electron chi connectivity index (χ2n) is 6.95. The van der Waals surface area contributed by atoms with E-state index in [1.165, 1.54) is 30.5 Å². The molecule has 2 aromatic rings. The van der Waals surface area contributed by atoms with Gasteiger partial charge >= 0.3 is 0 Å². The van der Waals surface area contributed by atoms with Gasteiger partial charge in [-0.25, -0.2) is 4.39 Å². The summed E-state index contributed by atoms with van der Waals surface area (Å²) in [6.07, 6.45) is 2.60. The van der Waals surface area contributed by atoms with Gasteiger partial charge in [0.25, 0.3) is 0 Å². The third-order valence-electron chi connectivity index (χ3n) is 5.34. The maximum Gasteiger partial charge on any atom is 0.123 e. The second kappa shape index (κ2) is 6.32. The fourth-order valence-electron chi connectivity index (χ4n) is 4.26. The summed E-state index contributed by atoms with van der Waals surface area (Å²) >= 11 is 0. The van der Waals surface area contributed by atoms with Crippen molar-refractivity contribution < 1.29 is 4.39 Å². The topological polar surface area (TPSA) is 15.3 Å². The minimum atomic E-state index is -0.170. The number of nitrogens with one attached hydrogen (secondary N) is 1. The molecule has 23 heavy (non-hydrogen) atoms. The van der Waals surface area contributed by atoms with Gasteiger partial charge < -0.3 is 5.32 Å². The molecule has 3 heteroatoms. The number of likely N-dealkylation sites (tertiary alicyclic amines) is 1. The highest BCUT2D eigenvalue weighted by Crippen LogP contribution is 2.39. The number of hydrogen-bond donors (Lipinski definition) is 1. The smallest absolute Gasteiger partial charge is 0.123 e. The van der Waals surface area contributed by atoms with E-state index in [0.717, 1.165) is 25.3 Å². The Balaban J connectivity index is 1.41. The minimum Gasteiger partial charge on any atom is -0.382 e. The van der Waals surface area contributed by atoms with Crippen molar-refractivity contribution >= 4 is 5.69 Å². The first-order valence-corrected chi connectivity index (χ1v) is 8.56. The van der Waals surface area contributed by atoms with Crippen LogP contribution in [0.25, 0.3) is 0 Å². The second-order valence-corrected chi connectivity index (χ2v) is 6.95. The normalized spacial score (nSPS) is 27.1. The van der Waals surface area contributed by atoms with Crippen LogP contribution in [0.5, 0.6) is 0 Å². The number of anilines is 1. The van der Waals surface area contributed by atoms with Gasteiger partial charge in [0, 0.05) is 31.4 Å². The molecule has 2 bridgehead atoms. The molecule has 0 unspecified atom stereocenters. The van der Waals surface area contributed by atoms with E-state index < -0.39 is 0 Å². The predicted molar refractivity (Wildman–Crippen MR) is 91.7 cm³/mol. The number of rotatable bonds is 4. The van der Waals surface area contributed by atoms with Crippen LogP contribution in [0, 0.1) is 17.7 Å². The lowest BCUT2D eigenvalue weighted by Crippen LogP contribution is -2.47. The number of hydrogen-bond acceptors (Lipinski definition) is 2. The van der Waals surface area contributed by atoms with Gasteiger partial charge in [0.15, 0.2) is 0 Å². The molecule has 1 aliphatic carbocycles. The van der Waals surface area contributed by atoms with E-state index in [2.05, 4.69) is 40.5 Å². The van der Waals surface area contributed by atoms with E-state index in [9.17, 15) is 4.39 Å². The lowest BCUT2D eigenvalue weighted by Gasteiger charge is -2.39. The molecule has 0 spiro atoms. The lowest BCUT2D eigenvalue weighted by molar-refractivity contribution is 0.148. The zero-order chi connectivity index (χ0) is 15.6. The van der Waals surface area contributed by atoms with Gasteiger partial charge in [-0.2, -0.15) is 0 Å². The summed E-state index contributed by atoms with van der Waals surface area (Å²) in [5.41, 5.74) is 2.45. The molecule has 4 rings (SSSR count). The van der Waals surface area contributed by atoms with Gasteiger partial charge in [0.05, 0.1) is 0 Å². The predicted octanol–water partition coefficient (Wildman–Crippen LogP) is 4.15. The summed E-state index contributed by atoms with van der Waals surface area (Å²) in [7, 11) is 0. The molecule has 2 nitrogen and oxygen atoms in total. The molecule has 2 aromatic carbocycles. The molecular weight excluding hydrogens is 287 g/mol. The van der Waals surface area contributed by atoms with Crippen LogP contribution in [0.1, 0.15) is 18.4 Å². The molecule has 2 fully saturated rings. The third-order valence-corrected chi connectivity index (χ3v) is 5.34. The molecule has 1 saturated heterocycles. The van der Waals surface area contributed by atoms with Crippen molar-refractivity contribution in [3.05, 3.63) is 66.0 Å². The first kappa shape index (κ1) is 14.7. The molecular formula is C20H23FN2. The molecule has 1 aliphatic heterocycles. The van der Waals surface area contributed by atoms with Gasteiger partial charge in [0.2, 0.25) is 0 Å². The molecule has 120 valence electrons. The van der Waals surface area contributed by atoms with Crippen LogP contribution >= 0.6 is 0 Å². The molecule has 1 saturated carbocycles. The van der Waals surface area contributed by atoms with E-state index in [1.807, 2.05) is 12.1 Å². The Morgan fingerprint density at radius 2 is 1.57 bits per heavy atom. The van der Waals surface area contributed by atoms with E-state index >= 15 is 0 Å². The summed E-state index contributed by atoms with van der Waals surface area (Å²) < 4.78 is 13.1. The summed E-state index contributed by atoms with van der Waals surface area (Å²) in [6, 6.07) is 18.0. The number of halogens is 1. The Hall–Kier alpha value is -1.87. The summed E-state index contributed by atoms with van der Waals surface area (Å²) in [4.78, 5) is 2.60. The van der Waals surface area contributed by atoms with Crippen molar-refractivity contribution in [1.82, 2.24) is 4.90 Å². The first-order chi connectivity index (χ1) is 11.3. The SMILES string of the molecule is Fc1ccc(N[C@@H]2[C@@H]3CC[C@H]2CN(Cc2ccccc2)C3)cc1. The van der Waals surface area contributed by atoms with Crippen LogP contribution in [-0.4, -0.2) is 24.0 Å². The zero-order valence-electron chi connectivity index (χ0n) is 13.3. The fourth-order valence-corrected chi connectivity index (χ4v) is 4.26. The standard InChI is InChI=1S/C20H23FN2/c21-18-8-10-19(11-9-18)22-20-16-6-7-17(20)14-23(13-16)12-15-4-2-1-3-5-15/h1-5,8-11,16-17,20,22H,6-7,12-14H2/t16-,17+,20-. The van der Waals surface area contributed by atoms with Crippen molar-refractivity contribution in [3.63, 3.8) is 0 Å². The summed E-state index contributed by atoms with van der Waals surface area (Å²) in [5.74, 6) is 1.22. The van der Waals surface area contributed by atoms with E-state index in [0.29, 0.717) is 17.9 Å². The Morgan fingerprint density at radius 3 is 2.22 bits per heavy atom. The highest BCUT2D eigenvalue weighted by Gasteiger charge is 2.41. The Morgan fingerprint density at radius 1 is 0.913 bits per heavy atom. The molecule has 0 radical (unpaired) electrons. The number of nitrogens with zero attached hydrogens (tertiary/aromatic N) is 1. The number of piperidine rings is 1. The van der Waals surface area contributed by atoms with E-state index in [1.54, 1.807) is 0 Å². The Kier molecular flexibility index (Phi) is 4.04. The van der Waals surface area contributed by atoms with Gasteiger partial charge in [0.1, 0.15) is 5.82 Å². The summed E-state index contributed by atoms with van der Waals surface area (Å²) in [5, 5.41) is 3.66. The van der Waals surface area contributed by atoms with Gasteiger partial charge in [-0.15, -0.1) is 0 Å². The van der Waals surface area contributed by atoms with Crippen LogP contribution in [0.3, 0.4) is 0 Å². The van der Waals surface area contributed by atoms with Crippen molar-refractivity contribution in [2.75, 3.05) is 18.4 Å². The molecule has 1 heterocycles. The third kappa shape index (κ3) is 3.25. The quantitative estimate of drug-likeness (QED) is 0.912. The fraction of sp³-hybridized carbons (Fsp3) is 0.400. The zero-order valence-corrected chi connectivity index (χ0v) is 13.3. The maximum atomic E-state index is 13.1.